The quantitative estimate of drug-likeness (QED) is 0.792. The molecule has 0 spiro atoms. The molecule has 1 N–H and O–H groups in total. The molecule has 1 amide bonds. The lowest BCUT2D eigenvalue weighted by atomic mass is 10.0. The molecule has 0 bridgehead atoms. The van der Waals surface area contributed by atoms with Gasteiger partial charge in [-0.25, -0.2) is 4.79 Å². The number of hydrogen-bond acceptors (Lipinski definition) is 4. The summed E-state index contributed by atoms with van der Waals surface area (Å²) in [7, 11) is 1.30. The Kier molecular flexibility index (Phi) is 4.63. The van der Waals surface area contributed by atoms with Gasteiger partial charge in [0.2, 0.25) is 0 Å². The molecule has 1 heterocycles. The molecule has 0 aromatic carbocycles. The largest absolute Gasteiger partial charge is 0.467 e. The van der Waals surface area contributed by atoms with E-state index in [0.717, 1.165) is 0 Å². The first-order valence-electron chi connectivity index (χ1n) is 5.35. The van der Waals surface area contributed by atoms with Crippen molar-refractivity contribution in [2.45, 2.75) is 19.9 Å². The number of rotatable bonds is 4. The Bertz CT molecular complexity index is 390. The molecule has 0 saturated carbocycles. The molecule has 0 aliphatic heterocycles. The molecule has 1 atom stereocenters. The Morgan fingerprint density at radius 2 is 1.88 bits per heavy atom. The zero-order valence-electron chi connectivity index (χ0n) is 10.1. The van der Waals surface area contributed by atoms with Crippen LogP contribution in [0.3, 0.4) is 0 Å². The molecular weight excluding hydrogens is 220 g/mol. The second-order valence-corrected chi connectivity index (χ2v) is 3.95. The van der Waals surface area contributed by atoms with E-state index in [1.165, 1.54) is 19.5 Å². The van der Waals surface area contributed by atoms with Crippen LogP contribution in [0.2, 0.25) is 0 Å². The molecular formula is C12H16N2O3. The highest BCUT2D eigenvalue weighted by atomic mass is 16.5. The molecule has 1 aromatic rings. The van der Waals surface area contributed by atoms with E-state index >= 15 is 0 Å². The van der Waals surface area contributed by atoms with Gasteiger partial charge < -0.3 is 10.1 Å². The van der Waals surface area contributed by atoms with Gasteiger partial charge in [0.1, 0.15) is 6.04 Å². The van der Waals surface area contributed by atoms with Crippen LogP contribution in [-0.4, -0.2) is 30.0 Å². The smallest absolute Gasteiger partial charge is 0.328 e. The fraction of sp³-hybridized carbons (Fsp3) is 0.417. The standard InChI is InChI=1S/C12H16N2O3/c1-8(2)10(12(16)17-3)14-11(15)9-4-6-13-7-5-9/h4-8,10H,1-3H3,(H,14,15). The molecule has 0 radical (unpaired) electrons. The van der Waals surface area contributed by atoms with Gasteiger partial charge in [-0.2, -0.15) is 0 Å². The minimum atomic E-state index is -0.638. The van der Waals surface area contributed by atoms with Gasteiger partial charge in [-0.05, 0) is 18.1 Å². The highest BCUT2D eigenvalue weighted by Crippen LogP contribution is 2.05. The van der Waals surface area contributed by atoms with Gasteiger partial charge in [0.05, 0.1) is 7.11 Å². The van der Waals surface area contributed by atoms with Crippen molar-refractivity contribution in [1.29, 1.82) is 0 Å². The van der Waals surface area contributed by atoms with Crippen LogP contribution >= 0.6 is 0 Å². The Balaban J connectivity index is 2.75. The fourth-order valence-corrected chi connectivity index (χ4v) is 1.35. The van der Waals surface area contributed by atoms with E-state index in [0.29, 0.717) is 5.56 Å². The summed E-state index contributed by atoms with van der Waals surface area (Å²) >= 11 is 0. The van der Waals surface area contributed by atoms with Crippen molar-refractivity contribution in [2.75, 3.05) is 7.11 Å². The number of pyridine rings is 1. The third kappa shape index (κ3) is 3.55. The van der Waals surface area contributed by atoms with Gasteiger partial charge in [0.25, 0.3) is 5.91 Å². The average Bonchev–Trinajstić information content (AvgIpc) is 2.35. The van der Waals surface area contributed by atoms with Gasteiger partial charge in [0.15, 0.2) is 0 Å². The topological polar surface area (TPSA) is 68.3 Å². The summed E-state index contributed by atoms with van der Waals surface area (Å²) in [6, 6.07) is 2.54. The lowest BCUT2D eigenvalue weighted by Gasteiger charge is -2.19. The van der Waals surface area contributed by atoms with Gasteiger partial charge in [-0.1, -0.05) is 13.8 Å². The van der Waals surface area contributed by atoms with Gasteiger partial charge in [-0.3, -0.25) is 9.78 Å². The predicted octanol–water partition coefficient (Wildman–Crippen LogP) is 1.01. The lowest BCUT2D eigenvalue weighted by Crippen LogP contribution is -2.45. The Morgan fingerprint density at radius 1 is 1.29 bits per heavy atom. The van der Waals surface area contributed by atoms with E-state index in [2.05, 4.69) is 15.0 Å². The molecule has 1 unspecified atom stereocenters. The molecule has 92 valence electrons. The van der Waals surface area contributed by atoms with Crippen molar-refractivity contribution < 1.29 is 14.3 Å². The van der Waals surface area contributed by atoms with Crippen molar-refractivity contribution in [3.05, 3.63) is 30.1 Å². The Morgan fingerprint density at radius 3 is 2.35 bits per heavy atom. The molecule has 0 aliphatic carbocycles. The van der Waals surface area contributed by atoms with Crippen molar-refractivity contribution in [3.63, 3.8) is 0 Å². The minimum Gasteiger partial charge on any atom is -0.467 e. The number of aromatic nitrogens is 1. The number of hydrogen-bond donors (Lipinski definition) is 1. The van der Waals surface area contributed by atoms with Crippen LogP contribution in [0.4, 0.5) is 0 Å². The second-order valence-electron chi connectivity index (χ2n) is 3.95. The average molecular weight is 236 g/mol. The van der Waals surface area contributed by atoms with Crippen LogP contribution in [0.15, 0.2) is 24.5 Å². The van der Waals surface area contributed by atoms with Crippen LogP contribution in [0.25, 0.3) is 0 Å². The summed E-state index contributed by atoms with van der Waals surface area (Å²) in [6.07, 6.45) is 3.05. The van der Waals surface area contributed by atoms with Crippen LogP contribution in [-0.2, 0) is 9.53 Å². The SMILES string of the molecule is COC(=O)C(NC(=O)c1ccncc1)C(C)C. The lowest BCUT2D eigenvalue weighted by molar-refractivity contribution is -0.144. The van der Waals surface area contributed by atoms with E-state index in [4.69, 9.17) is 0 Å². The molecule has 1 rings (SSSR count). The minimum absolute atomic E-state index is 0.0340. The first-order valence-corrected chi connectivity index (χ1v) is 5.35. The number of nitrogens with zero attached hydrogens (tertiary/aromatic N) is 1. The summed E-state index contributed by atoms with van der Waals surface area (Å²) in [5.41, 5.74) is 0.467. The van der Waals surface area contributed by atoms with E-state index in [9.17, 15) is 9.59 Å². The van der Waals surface area contributed by atoms with Crippen molar-refractivity contribution in [3.8, 4) is 0 Å². The number of nitrogens with one attached hydrogen (secondary N) is 1. The summed E-state index contributed by atoms with van der Waals surface area (Å²) in [5.74, 6) is -0.785. The van der Waals surface area contributed by atoms with Crippen molar-refractivity contribution in [1.82, 2.24) is 10.3 Å². The molecule has 5 heteroatoms. The number of amides is 1. The maximum absolute atomic E-state index is 11.8. The maximum atomic E-state index is 11.8. The van der Waals surface area contributed by atoms with Gasteiger partial charge in [0, 0.05) is 18.0 Å². The summed E-state index contributed by atoms with van der Waals surface area (Å²) in [6.45, 7) is 3.68. The highest BCUT2D eigenvalue weighted by molar-refractivity contribution is 5.96. The second kappa shape index (κ2) is 5.98. The zero-order chi connectivity index (χ0) is 12.8. The first kappa shape index (κ1) is 13.2. The molecule has 1 aromatic heterocycles. The molecule has 0 aliphatic rings. The van der Waals surface area contributed by atoms with Crippen molar-refractivity contribution in [2.24, 2.45) is 5.92 Å². The molecule has 5 nitrogen and oxygen atoms in total. The zero-order valence-corrected chi connectivity index (χ0v) is 10.1. The normalized spacial score (nSPS) is 12.0. The van der Waals surface area contributed by atoms with Crippen LogP contribution in [0, 0.1) is 5.92 Å². The third-order valence-corrected chi connectivity index (χ3v) is 2.35. The van der Waals surface area contributed by atoms with E-state index in [-0.39, 0.29) is 11.8 Å². The molecule has 0 saturated heterocycles. The predicted molar refractivity (Wildman–Crippen MR) is 62.3 cm³/mol. The number of ether oxygens (including phenoxy) is 1. The third-order valence-electron chi connectivity index (χ3n) is 2.35. The van der Waals surface area contributed by atoms with Gasteiger partial charge >= 0.3 is 5.97 Å². The Labute approximate surface area is 100 Å². The monoisotopic (exact) mass is 236 g/mol. The van der Waals surface area contributed by atoms with E-state index in [1.807, 2.05) is 13.8 Å². The number of esters is 1. The Hall–Kier alpha value is -1.91. The van der Waals surface area contributed by atoms with Gasteiger partial charge in [-0.15, -0.1) is 0 Å². The number of carbonyl (C=O) groups is 2. The van der Waals surface area contributed by atoms with Crippen LogP contribution in [0.5, 0.6) is 0 Å². The van der Waals surface area contributed by atoms with E-state index in [1.54, 1.807) is 12.1 Å². The highest BCUT2D eigenvalue weighted by Gasteiger charge is 2.25. The number of methoxy groups -OCH3 is 1. The number of carbonyl (C=O) groups excluding carboxylic acids is 2. The van der Waals surface area contributed by atoms with Crippen molar-refractivity contribution >= 4 is 11.9 Å². The summed E-state index contributed by atoms with van der Waals surface area (Å²) in [5, 5.41) is 2.64. The first-order chi connectivity index (χ1) is 8.06. The fourth-order valence-electron chi connectivity index (χ4n) is 1.35. The summed E-state index contributed by atoms with van der Waals surface area (Å²) < 4.78 is 4.64. The maximum Gasteiger partial charge on any atom is 0.328 e. The molecule has 17 heavy (non-hydrogen) atoms. The summed E-state index contributed by atoms with van der Waals surface area (Å²) in [4.78, 5) is 27.1. The van der Waals surface area contributed by atoms with Crippen LogP contribution in [0.1, 0.15) is 24.2 Å². The molecule has 0 fully saturated rings. The van der Waals surface area contributed by atoms with E-state index < -0.39 is 12.0 Å². The van der Waals surface area contributed by atoms with Crippen LogP contribution < -0.4 is 5.32 Å².